The molecule has 12 aromatic rings. The molecule has 0 radical (unpaired) electrons. The van der Waals surface area contributed by atoms with Gasteiger partial charge in [-0.2, -0.15) is 0 Å². The van der Waals surface area contributed by atoms with Crippen molar-refractivity contribution in [1.82, 2.24) is 24.9 Å². The molecule has 4 aliphatic heterocycles. The maximum atomic E-state index is 5.36. The van der Waals surface area contributed by atoms with E-state index in [1.165, 1.54) is 38.2 Å². The molecular weight excluding hydrogens is 1370 g/mol. The van der Waals surface area contributed by atoms with Gasteiger partial charge < -0.3 is 34.3 Å². The molecule has 0 spiro atoms. The number of hydrogen-bond acceptors (Lipinski definition) is 12. The number of hydrogen-bond donors (Lipinski definition) is 2. The van der Waals surface area contributed by atoms with Crippen molar-refractivity contribution in [2.75, 3.05) is 50.3 Å². The van der Waals surface area contributed by atoms with Crippen molar-refractivity contribution in [3.8, 4) is 28.7 Å². The van der Waals surface area contributed by atoms with Crippen molar-refractivity contribution < 1.29 is 23.7 Å². The quantitative estimate of drug-likeness (QED) is 0.150. The minimum atomic E-state index is 0.360. The molecule has 111 heavy (non-hydrogen) atoms. The molecule has 0 amide bonds. The molecule has 8 aromatic carbocycles. The smallest absolute Gasteiger partial charge is 0.231 e. The molecule has 0 saturated carbocycles. The third-order valence-electron chi connectivity index (χ3n) is 11.9. The van der Waals surface area contributed by atoms with Crippen LogP contribution in [-0.4, -0.2) is 64.6 Å². The molecular formula is C99H139N7O5. The van der Waals surface area contributed by atoms with E-state index in [1.807, 2.05) is 195 Å². The van der Waals surface area contributed by atoms with Crippen molar-refractivity contribution in [3.05, 3.63) is 273 Å². The Balaban J connectivity index is 0.000000602. The SMILES string of the molecule is C1=Cc2ccccc2NC1.CC(C)C.CC(C)C.CC(C)C.CC(C)C.CC(C)C.CC(C)C.CC(C)C.CC(C)C.c1ccc2c(c1)NCCO2.c1ccc2c(c1)OCCO2.c1ccc2c(c1)OCO2.c1ccc2cnccc2c1.c1ccc2cnccc2c1.c1ccc2ncccc2c1.c1ccc2nccnc2c1. The summed E-state index contributed by atoms with van der Waals surface area (Å²) in [7, 11) is 0. The van der Waals surface area contributed by atoms with Crippen LogP contribution in [0.4, 0.5) is 11.4 Å². The second-order valence-corrected chi connectivity index (χ2v) is 31.2. The second-order valence-electron chi connectivity index (χ2n) is 31.2. The summed E-state index contributed by atoms with van der Waals surface area (Å²) in [5.41, 5.74) is 6.59. The fraction of sp³-hybridized carbons (Fsp3) is 0.384. The summed E-state index contributed by atoms with van der Waals surface area (Å²) in [6.07, 6.45) is 16.8. The van der Waals surface area contributed by atoms with E-state index in [9.17, 15) is 0 Å². The predicted octanol–water partition coefficient (Wildman–Crippen LogP) is 28.1. The number of nitrogens with one attached hydrogen (secondary N) is 2. The van der Waals surface area contributed by atoms with Gasteiger partial charge in [0.15, 0.2) is 23.0 Å². The standard InChI is InChI=1S/C9H9N.3C9H7N.C8H6N2.C8H9NO.C8H8O2.C7H6O2.8C4H10/c2*1-2-6-9-8(4-1)5-3-7-10-9;2*1-2-4-9-7-10-6-5-8(9)3-1;3*1-2-4-8-7(3-1)9-5-6-10-8;1-2-4-7-6(3-1)8-5-9-7;8*1-4(2)3/h1-6,10H,7H2;3*1-7H;1-6H;1-4,9H,5-6H2;1-4H,5-6H2;1-4H,5H2;8*4H,1-3H3. The van der Waals surface area contributed by atoms with Gasteiger partial charge in [-0.25, -0.2) is 0 Å². The van der Waals surface area contributed by atoms with Gasteiger partial charge in [-0.05, 0) is 153 Å². The minimum Gasteiger partial charge on any atom is -0.490 e. The van der Waals surface area contributed by atoms with E-state index in [0.717, 1.165) is 118 Å². The van der Waals surface area contributed by atoms with Crippen LogP contribution in [-0.2, 0) is 0 Å². The fourth-order valence-corrected chi connectivity index (χ4v) is 8.06. The highest BCUT2D eigenvalue weighted by molar-refractivity contribution is 5.82. The van der Waals surface area contributed by atoms with Gasteiger partial charge in [-0.3, -0.25) is 24.9 Å². The van der Waals surface area contributed by atoms with E-state index in [4.69, 9.17) is 23.7 Å². The van der Waals surface area contributed by atoms with E-state index in [2.05, 4.69) is 268 Å². The Morgan fingerprint density at radius 2 is 0.577 bits per heavy atom. The summed E-state index contributed by atoms with van der Waals surface area (Å²) in [5, 5.41) is 12.6. The lowest BCUT2D eigenvalue weighted by molar-refractivity contribution is 0.171. The molecule has 2 N–H and O–H groups in total. The highest BCUT2D eigenvalue weighted by Gasteiger charge is 2.10. The molecule has 600 valence electrons. The zero-order valence-electron chi connectivity index (χ0n) is 72.1. The Bertz CT molecular complexity index is 3480. The number of fused-ring (bicyclic) bond motifs is 8. The van der Waals surface area contributed by atoms with Gasteiger partial charge in [0.2, 0.25) is 6.79 Å². The molecule has 12 heteroatoms. The summed E-state index contributed by atoms with van der Waals surface area (Å²) in [6.45, 7) is 56.3. The topological polar surface area (TPSA) is 135 Å². The monoisotopic (exact) mass is 1510 g/mol. The maximum Gasteiger partial charge on any atom is 0.231 e. The molecule has 8 heterocycles. The van der Waals surface area contributed by atoms with Crippen LogP contribution in [0, 0.1) is 47.3 Å². The van der Waals surface area contributed by atoms with Crippen LogP contribution in [0.5, 0.6) is 28.7 Å². The first-order valence-corrected chi connectivity index (χ1v) is 39.8. The molecule has 0 unspecified atom stereocenters. The van der Waals surface area contributed by atoms with Crippen LogP contribution < -0.4 is 34.3 Å². The number of nitrogens with zero attached hydrogens (tertiary/aromatic N) is 5. The van der Waals surface area contributed by atoms with Gasteiger partial charge in [0, 0.05) is 67.5 Å². The van der Waals surface area contributed by atoms with Crippen molar-refractivity contribution >= 4 is 60.9 Å². The van der Waals surface area contributed by atoms with Crippen LogP contribution >= 0.6 is 0 Å². The van der Waals surface area contributed by atoms with Crippen molar-refractivity contribution in [2.24, 2.45) is 47.3 Å². The first-order chi connectivity index (χ1) is 53.1. The lowest BCUT2D eigenvalue weighted by Crippen LogP contribution is -2.17. The van der Waals surface area contributed by atoms with Crippen LogP contribution in [0.1, 0.15) is 172 Å². The van der Waals surface area contributed by atoms with Gasteiger partial charge in [0.05, 0.1) is 22.2 Å². The van der Waals surface area contributed by atoms with Crippen molar-refractivity contribution in [1.29, 1.82) is 0 Å². The largest absolute Gasteiger partial charge is 0.490 e. The number of rotatable bonds is 0. The lowest BCUT2D eigenvalue weighted by Gasteiger charge is -2.17. The summed E-state index contributed by atoms with van der Waals surface area (Å²) < 4.78 is 26.1. The van der Waals surface area contributed by atoms with Gasteiger partial charge in [0.1, 0.15) is 25.6 Å². The molecule has 4 aliphatic rings. The Morgan fingerprint density at radius 3 is 0.973 bits per heavy atom. The Kier molecular flexibility index (Phi) is 55.5. The highest BCUT2D eigenvalue weighted by Crippen LogP contribution is 2.31. The predicted molar refractivity (Wildman–Crippen MR) is 483 cm³/mol. The highest BCUT2D eigenvalue weighted by atomic mass is 16.7. The lowest BCUT2D eigenvalue weighted by atomic mass is 10.1. The van der Waals surface area contributed by atoms with Crippen molar-refractivity contribution in [3.63, 3.8) is 0 Å². The molecule has 0 atom stereocenters. The molecule has 0 aliphatic carbocycles. The zero-order chi connectivity index (χ0) is 82.4. The number of anilines is 2. The third kappa shape index (κ3) is 54.0. The van der Waals surface area contributed by atoms with E-state index >= 15 is 0 Å². The van der Waals surface area contributed by atoms with Crippen LogP contribution in [0.2, 0.25) is 0 Å². The minimum absolute atomic E-state index is 0.360. The van der Waals surface area contributed by atoms with Crippen molar-refractivity contribution in [2.45, 2.75) is 166 Å². The number of aromatic nitrogens is 5. The molecule has 12 nitrogen and oxygen atoms in total. The summed E-state index contributed by atoms with van der Waals surface area (Å²) >= 11 is 0. The average Bonchev–Trinajstić information content (AvgIpc) is 1.33. The average molecular weight is 1510 g/mol. The number of ether oxygens (including phenoxy) is 5. The fourth-order valence-electron chi connectivity index (χ4n) is 8.06. The Morgan fingerprint density at radius 1 is 0.261 bits per heavy atom. The Hall–Kier alpha value is -10.3. The van der Waals surface area contributed by atoms with Gasteiger partial charge >= 0.3 is 0 Å². The Labute approximate surface area is 671 Å². The first-order valence-electron chi connectivity index (χ1n) is 39.8. The molecule has 16 rings (SSSR count). The molecule has 0 fully saturated rings. The zero-order valence-corrected chi connectivity index (χ0v) is 72.1. The summed E-state index contributed by atoms with van der Waals surface area (Å²) in [4.78, 5) is 20.4. The number of benzene rings is 8. The second kappa shape index (κ2) is 62.4. The number of pyridine rings is 3. The van der Waals surface area contributed by atoms with E-state index in [0.29, 0.717) is 20.0 Å². The van der Waals surface area contributed by atoms with E-state index in [-0.39, 0.29) is 0 Å². The molecule has 0 bridgehead atoms. The molecule has 4 aromatic heterocycles. The van der Waals surface area contributed by atoms with Crippen LogP contribution in [0.25, 0.3) is 49.6 Å². The first kappa shape index (κ1) is 98.7. The van der Waals surface area contributed by atoms with Crippen LogP contribution in [0.3, 0.4) is 0 Å². The molecule has 0 saturated heterocycles. The number of para-hydroxylation sites is 10. The van der Waals surface area contributed by atoms with Gasteiger partial charge in [0.25, 0.3) is 0 Å². The van der Waals surface area contributed by atoms with Gasteiger partial charge in [-0.1, -0.05) is 318 Å². The van der Waals surface area contributed by atoms with Crippen LogP contribution in [0.15, 0.2) is 268 Å². The van der Waals surface area contributed by atoms with E-state index < -0.39 is 0 Å². The third-order valence-corrected chi connectivity index (χ3v) is 11.9. The van der Waals surface area contributed by atoms with E-state index in [1.54, 1.807) is 12.4 Å². The van der Waals surface area contributed by atoms with Gasteiger partial charge in [-0.15, -0.1) is 0 Å². The normalized spacial score (nSPS) is 11.2. The summed E-state index contributed by atoms with van der Waals surface area (Å²) in [5.74, 6) is 11.0. The summed E-state index contributed by atoms with van der Waals surface area (Å²) in [6, 6.07) is 71.9. The maximum absolute atomic E-state index is 5.36.